The van der Waals surface area contributed by atoms with Crippen LogP contribution < -0.4 is 0 Å². The van der Waals surface area contributed by atoms with Gasteiger partial charge in [0.15, 0.2) is 0 Å². The van der Waals surface area contributed by atoms with Gasteiger partial charge in [-0.15, -0.1) is 0 Å². The van der Waals surface area contributed by atoms with E-state index in [1.54, 1.807) is 0 Å². The number of hydrogen-bond acceptors (Lipinski definition) is 12. The quantitative estimate of drug-likeness (QED) is 0.331. The smallest absolute Gasteiger partial charge is 0.258 e. The van der Waals surface area contributed by atoms with Crippen molar-refractivity contribution in [3.63, 3.8) is 0 Å². The maximum absolute atomic E-state index is 10.2. The molecule has 0 heterocycles. The molecule has 0 atom stereocenters. The van der Waals surface area contributed by atoms with Crippen LogP contribution in [0.2, 0.25) is 0 Å². The topological polar surface area (TPSA) is 259 Å². The van der Waals surface area contributed by atoms with Crippen molar-refractivity contribution in [3.8, 4) is 0 Å². The highest BCUT2D eigenvalue weighted by atomic mass is 16.6. The monoisotopic (exact) mass is 504 g/mol. The van der Waals surface area contributed by atoms with Gasteiger partial charge in [-0.2, -0.15) is 0 Å². The summed E-state index contributed by atoms with van der Waals surface area (Å²) in [4.78, 5) is 56.9. The van der Waals surface area contributed by atoms with Gasteiger partial charge in [0.05, 0.1) is 35.6 Å². The molecule has 36 heavy (non-hydrogen) atoms. The van der Waals surface area contributed by atoms with Crippen molar-refractivity contribution in [1.82, 2.24) is 0 Å². The Kier molecular flexibility index (Phi) is 10.1. The van der Waals surface area contributed by atoms with Crippen molar-refractivity contribution in [3.05, 3.63) is 133 Å². The zero-order valence-corrected chi connectivity index (χ0v) is 17.5. The number of nitrogens with zero attached hydrogens (tertiary/aromatic N) is 6. The predicted octanol–water partition coefficient (Wildman–Crippen LogP) is 4.51. The van der Waals surface area contributed by atoms with Crippen molar-refractivity contribution in [2.75, 3.05) is 0 Å². The molecule has 0 saturated carbocycles. The zero-order valence-electron chi connectivity index (χ0n) is 17.5. The maximum Gasteiger partial charge on any atom is 0.346 e. The van der Waals surface area contributed by atoms with Crippen LogP contribution in [-0.2, 0) is 0 Å². The van der Waals surface area contributed by atoms with Crippen LogP contribution in [0.15, 0.2) is 72.8 Å². The first-order valence-electron chi connectivity index (χ1n) is 9.00. The molecule has 0 aliphatic heterocycles. The van der Waals surface area contributed by atoms with Crippen LogP contribution >= 0.6 is 0 Å². The van der Waals surface area contributed by atoms with Crippen molar-refractivity contribution < 1.29 is 29.5 Å². The van der Waals surface area contributed by atoms with Crippen LogP contribution in [0.5, 0.6) is 0 Å². The average Bonchev–Trinajstić information content (AvgIpc) is 2.84. The van der Waals surface area contributed by atoms with Crippen molar-refractivity contribution in [2.45, 2.75) is 0 Å². The third kappa shape index (κ3) is 8.54. The summed E-state index contributed by atoms with van der Waals surface area (Å²) in [6.45, 7) is 0. The van der Waals surface area contributed by atoms with E-state index in [-0.39, 0.29) is 22.7 Å². The molecule has 3 aromatic rings. The molecule has 0 fully saturated rings. The Morgan fingerprint density at radius 1 is 0.361 bits per heavy atom. The molecular weight excluding hydrogens is 492 g/mol. The normalized spacial score (nSPS) is 9.33. The van der Waals surface area contributed by atoms with E-state index in [0.29, 0.717) is 0 Å². The molecule has 0 saturated heterocycles. The fraction of sp³-hybridized carbons (Fsp3) is 0. The molecule has 18 heteroatoms. The third-order valence-corrected chi connectivity index (χ3v) is 3.80. The minimum Gasteiger partial charge on any atom is -0.258 e. The summed E-state index contributed by atoms with van der Waals surface area (Å²) in [5.74, 6) is 0. The first kappa shape index (κ1) is 28.1. The summed E-state index contributed by atoms with van der Waals surface area (Å²) in [7, 11) is 0. The number of nitro benzene ring substituents is 6. The summed E-state index contributed by atoms with van der Waals surface area (Å²) in [6, 6.07) is 13.9. The molecule has 0 aliphatic carbocycles. The van der Waals surface area contributed by atoms with Gasteiger partial charge < -0.3 is 0 Å². The van der Waals surface area contributed by atoms with E-state index in [4.69, 9.17) is 0 Å². The molecule has 18 nitrogen and oxygen atoms in total. The summed E-state index contributed by atoms with van der Waals surface area (Å²) < 4.78 is 0. The highest BCUT2D eigenvalue weighted by molar-refractivity contribution is 5.51. The van der Waals surface area contributed by atoms with Crippen LogP contribution in [0.25, 0.3) is 0 Å². The SMILES string of the molecule is O=[N+]([O-])c1ccc([N+](=O)[O-])cc1.O=[N+]([O-])c1cccc([N+](=O)[O-])c1.O=[N+]([O-])c1ccccc1[N+](=O)[O-]. The molecule has 3 aromatic carbocycles. The first-order valence-corrected chi connectivity index (χ1v) is 9.00. The van der Waals surface area contributed by atoms with Gasteiger partial charge in [0, 0.05) is 48.5 Å². The van der Waals surface area contributed by atoms with Crippen LogP contribution in [-0.4, -0.2) is 29.5 Å². The minimum atomic E-state index is -0.780. The van der Waals surface area contributed by atoms with Gasteiger partial charge in [-0.25, -0.2) is 0 Å². The lowest BCUT2D eigenvalue weighted by molar-refractivity contribution is -0.422. The number of nitro groups is 6. The number of para-hydroxylation sites is 2. The van der Waals surface area contributed by atoms with Gasteiger partial charge in [-0.1, -0.05) is 12.1 Å². The van der Waals surface area contributed by atoms with E-state index in [1.807, 2.05) is 0 Å². The Hall–Kier alpha value is -5.94. The van der Waals surface area contributed by atoms with E-state index in [2.05, 4.69) is 0 Å². The molecular formula is C18H12N6O12. The molecule has 186 valence electrons. The fourth-order valence-corrected chi connectivity index (χ4v) is 2.19. The average molecular weight is 504 g/mol. The van der Waals surface area contributed by atoms with E-state index in [9.17, 15) is 60.7 Å². The van der Waals surface area contributed by atoms with Gasteiger partial charge in [-0.05, 0) is 6.07 Å². The molecule has 0 spiro atoms. The standard InChI is InChI=1S/3C6H4N2O4/c9-7(10)5-1-2-6(4-3-5)8(11)12;9-7(10)5-2-1-3-6(4-5)8(11)12;9-7(10)5-3-1-2-4-6(5)8(11)12/h3*1-4H. The van der Waals surface area contributed by atoms with Gasteiger partial charge in [-0.3, -0.25) is 60.7 Å². The van der Waals surface area contributed by atoms with Crippen molar-refractivity contribution >= 4 is 34.1 Å². The lowest BCUT2D eigenvalue weighted by Gasteiger charge is -1.91. The van der Waals surface area contributed by atoms with Crippen molar-refractivity contribution in [2.24, 2.45) is 0 Å². The van der Waals surface area contributed by atoms with Gasteiger partial charge in [0.2, 0.25) is 0 Å². The molecule has 3 rings (SSSR count). The number of hydrogen-bond donors (Lipinski definition) is 0. The Morgan fingerprint density at radius 2 is 0.667 bits per heavy atom. The molecule has 0 amide bonds. The second kappa shape index (κ2) is 12.9. The third-order valence-electron chi connectivity index (χ3n) is 3.80. The summed E-state index contributed by atoms with van der Waals surface area (Å²) in [5, 5.41) is 61.0. The van der Waals surface area contributed by atoms with Crippen LogP contribution in [0.4, 0.5) is 34.1 Å². The second-order valence-corrected chi connectivity index (χ2v) is 6.07. The summed E-state index contributed by atoms with van der Waals surface area (Å²) in [6.07, 6.45) is 0. The molecule has 0 radical (unpaired) electrons. The highest BCUT2D eigenvalue weighted by Gasteiger charge is 2.21. The minimum absolute atomic E-state index is 0.152. The van der Waals surface area contributed by atoms with Gasteiger partial charge in [0.1, 0.15) is 0 Å². The Bertz CT molecular complexity index is 1220. The zero-order chi connectivity index (χ0) is 27.4. The Labute approximate surface area is 197 Å². The largest absolute Gasteiger partial charge is 0.346 e. The maximum atomic E-state index is 10.2. The molecule has 0 aliphatic rings. The number of rotatable bonds is 6. The summed E-state index contributed by atoms with van der Waals surface area (Å²) in [5.41, 5.74) is -1.82. The Morgan fingerprint density at radius 3 is 0.917 bits per heavy atom. The van der Waals surface area contributed by atoms with E-state index in [1.165, 1.54) is 30.3 Å². The second-order valence-electron chi connectivity index (χ2n) is 6.07. The first-order chi connectivity index (χ1) is 16.8. The Balaban J connectivity index is 0.000000270. The number of non-ortho nitro benzene ring substituents is 4. The molecule has 0 bridgehead atoms. The number of benzene rings is 3. The predicted molar refractivity (Wildman–Crippen MR) is 119 cm³/mol. The van der Waals surface area contributed by atoms with E-state index in [0.717, 1.165) is 42.5 Å². The molecule has 0 aromatic heterocycles. The van der Waals surface area contributed by atoms with Crippen molar-refractivity contribution in [1.29, 1.82) is 0 Å². The van der Waals surface area contributed by atoms with Gasteiger partial charge >= 0.3 is 11.4 Å². The molecule has 0 unspecified atom stereocenters. The molecule has 0 N–H and O–H groups in total. The van der Waals surface area contributed by atoms with Crippen LogP contribution in [0, 0.1) is 60.7 Å². The lowest BCUT2D eigenvalue weighted by atomic mass is 10.3. The van der Waals surface area contributed by atoms with E-state index >= 15 is 0 Å². The highest BCUT2D eigenvalue weighted by Crippen LogP contribution is 2.24. The fourth-order valence-electron chi connectivity index (χ4n) is 2.19. The van der Waals surface area contributed by atoms with Crippen LogP contribution in [0.3, 0.4) is 0 Å². The van der Waals surface area contributed by atoms with Gasteiger partial charge in [0.25, 0.3) is 22.7 Å². The van der Waals surface area contributed by atoms with E-state index < -0.39 is 40.9 Å². The summed E-state index contributed by atoms with van der Waals surface area (Å²) >= 11 is 0. The lowest BCUT2D eigenvalue weighted by Crippen LogP contribution is -1.95. The van der Waals surface area contributed by atoms with Crippen LogP contribution in [0.1, 0.15) is 0 Å².